The minimum atomic E-state index is -3.67. The monoisotopic (exact) mass is 356 g/mol. The van der Waals surface area contributed by atoms with Crippen molar-refractivity contribution in [2.24, 2.45) is 0 Å². The Hall–Kier alpha value is -1.67. The second-order valence-electron chi connectivity index (χ2n) is 4.24. The third-order valence-corrected chi connectivity index (χ3v) is 4.23. The summed E-state index contributed by atoms with van der Waals surface area (Å²) in [5.74, 6) is 0.747. The SMILES string of the molecule is CN(C)c1ccc(NS(=O)(=O)c2cncc(Br)c2)cn1. The van der Waals surface area contributed by atoms with Crippen molar-refractivity contribution in [2.75, 3.05) is 23.7 Å². The van der Waals surface area contributed by atoms with Gasteiger partial charge in [0, 0.05) is 31.0 Å². The Balaban J connectivity index is 2.24. The van der Waals surface area contributed by atoms with E-state index in [0.29, 0.717) is 10.2 Å². The van der Waals surface area contributed by atoms with Crippen LogP contribution in [0.1, 0.15) is 0 Å². The van der Waals surface area contributed by atoms with Crippen molar-refractivity contribution in [1.82, 2.24) is 9.97 Å². The van der Waals surface area contributed by atoms with Crippen LogP contribution in [0, 0.1) is 0 Å². The van der Waals surface area contributed by atoms with Crippen LogP contribution in [0.2, 0.25) is 0 Å². The van der Waals surface area contributed by atoms with Crippen molar-refractivity contribution in [1.29, 1.82) is 0 Å². The van der Waals surface area contributed by atoms with Gasteiger partial charge < -0.3 is 4.90 Å². The Morgan fingerprint density at radius 2 is 1.95 bits per heavy atom. The third-order valence-electron chi connectivity index (χ3n) is 2.45. The van der Waals surface area contributed by atoms with Crippen molar-refractivity contribution in [3.8, 4) is 0 Å². The van der Waals surface area contributed by atoms with E-state index in [1.54, 1.807) is 12.1 Å². The largest absolute Gasteiger partial charge is 0.363 e. The first-order valence-corrected chi connectivity index (χ1v) is 7.93. The van der Waals surface area contributed by atoms with Gasteiger partial charge in [-0.05, 0) is 34.1 Å². The molecule has 6 nitrogen and oxygen atoms in total. The zero-order chi connectivity index (χ0) is 14.8. The molecule has 1 N–H and O–H groups in total. The van der Waals surface area contributed by atoms with Crippen LogP contribution >= 0.6 is 15.9 Å². The van der Waals surface area contributed by atoms with Crippen molar-refractivity contribution >= 4 is 37.5 Å². The number of anilines is 2. The molecule has 2 aromatic heterocycles. The normalized spacial score (nSPS) is 11.2. The number of hydrogen-bond acceptors (Lipinski definition) is 5. The lowest BCUT2D eigenvalue weighted by Gasteiger charge is -2.12. The van der Waals surface area contributed by atoms with Gasteiger partial charge in [0.15, 0.2) is 0 Å². The summed E-state index contributed by atoms with van der Waals surface area (Å²) >= 11 is 3.19. The number of rotatable bonds is 4. The molecule has 0 aromatic carbocycles. The summed E-state index contributed by atoms with van der Waals surface area (Å²) in [6.07, 6.45) is 4.28. The Morgan fingerprint density at radius 1 is 1.20 bits per heavy atom. The molecular formula is C12H13BrN4O2S. The molecule has 0 aliphatic carbocycles. The van der Waals surface area contributed by atoms with Crippen molar-refractivity contribution in [2.45, 2.75) is 4.90 Å². The van der Waals surface area contributed by atoms with Crippen LogP contribution in [-0.2, 0) is 10.0 Å². The molecule has 2 rings (SSSR count). The van der Waals surface area contributed by atoms with Gasteiger partial charge in [0.2, 0.25) is 0 Å². The minimum Gasteiger partial charge on any atom is -0.363 e. The first kappa shape index (κ1) is 14.7. The van der Waals surface area contributed by atoms with Crippen molar-refractivity contribution in [3.05, 3.63) is 41.3 Å². The zero-order valence-corrected chi connectivity index (χ0v) is 13.3. The molecule has 2 aromatic rings. The minimum absolute atomic E-state index is 0.0866. The predicted octanol–water partition coefficient (Wildman–Crippen LogP) is 2.11. The number of hydrogen-bond donors (Lipinski definition) is 1. The van der Waals surface area contributed by atoms with Gasteiger partial charge in [-0.15, -0.1) is 0 Å². The molecule has 0 bridgehead atoms. The quantitative estimate of drug-likeness (QED) is 0.907. The van der Waals surface area contributed by atoms with Gasteiger partial charge in [0.1, 0.15) is 10.7 Å². The fourth-order valence-electron chi connectivity index (χ4n) is 1.46. The molecule has 0 atom stereocenters. The summed E-state index contributed by atoms with van der Waals surface area (Å²) in [6, 6.07) is 4.87. The van der Waals surface area contributed by atoms with E-state index in [4.69, 9.17) is 0 Å². The Bertz CT molecular complexity index is 702. The van der Waals surface area contributed by atoms with E-state index in [2.05, 4.69) is 30.6 Å². The molecule has 0 radical (unpaired) electrons. The van der Waals surface area contributed by atoms with Gasteiger partial charge in [0.05, 0.1) is 11.9 Å². The van der Waals surface area contributed by atoms with Gasteiger partial charge in [-0.1, -0.05) is 0 Å². The molecule has 106 valence electrons. The number of halogens is 1. The maximum Gasteiger partial charge on any atom is 0.263 e. The second kappa shape index (κ2) is 5.76. The molecular weight excluding hydrogens is 344 g/mol. The second-order valence-corrected chi connectivity index (χ2v) is 6.84. The highest BCUT2D eigenvalue weighted by Crippen LogP contribution is 2.19. The average Bonchev–Trinajstić information content (AvgIpc) is 2.39. The lowest BCUT2D eigenvalue weighted by molar-refractivity contribution is 0.600. The molecule has 0 saturated carbocycles. The summed E-state index contributed by atoms with van der Waals surface area (Å²) in [5, 5.41) is 0. The van der Waals surface area contributed by atoms with E-state index in [1.807, 2.05) is 19.0 Å². The maximum atomic E-state index is 12.2. The van der Waals surface area contributed by atoms with E-state index in [9.17, 15) is 8.42 Å². The van der Waals surface area contributed by atoms with E-state index >= 15 is 0 Å². The smallest absolute Gasteiger partial charge is 0.263 e. The van der Waals surface area contributed by atoms with Gasteiger partial charge in [0.25, 0.3) is 10.0 Å². The molecule has 0 aliphatic heterocycles. The summed E-state index contributed by atoms with van der Waals surface area (Å²) in [5.41, 5.74) is 0.399. The Kier molecular flexibility index (Phi) is 4.24. The van der Waals surface area contributed by atoms with E-state index in [1.165, 1.54) is 24.7 Å². The topological polar surface area (TPSA) is 75.2 Å². The van der Waals surface area contributed by atoms with Crippen molar-refractivity contribution < 1.29 is 8.42 Å². The fourth-order valence-corrected chi connectivity index (χ4v) is 3.01. The molecule has 0 saturated heterocycles. The number of nitrogens with zero attached hydrogens (tertiary/aromatic N) is 3. The maximum absolute atomic E-state index is 12.2. The van der Waals surface area contributed by atoms with Crippen LogP contribution in [-0.4, -0.2) is 32.5 Å². The molecule has 0 fully saturated rings. The number of aromatic nitrogens is 2. The highest BCUT2D eigenvalue weighted by atomic mass is 79.9. The standard InChI is InChI=1S/C12H13BrN4O2S/c1-17(2)12-4-3-10(7-15-12)16-20(18,19)11-5-9(13)6-14-8-11/h3-8,16H,1-2H3. The van der Waals surface area contributed by atoms with Crippen LogP contribution in [0.15, 0.2) is 46.2 Å². The first-order valence-electron chi connectivity index (χ1n) is 5.65. The Morgan fingerprint density at radius 3 is 2.50 bits per heavy atom. The molecule has 8 heteroatoms. The van der Waals surface area contributed by atoms with Crippen LogP contribution < -0.4 is 9.62 Å². The van der Waals surface area contributed by atoms with Crippen LogP contribution in [0.5, 0.6) is 0 Å². The van der Waals surface area contributed by atoms with Crippen LogP contribution in [0.4, 0.5) is 11.5 Å². The van der Waals surface area contributed by atoms with Crippen LogP contribution in [0.25, 0.3) is 0 Å². The van der Waals surface area contributed by atoms with Gasteiger partial charge in [-0.2, -0.15) is 0 Å². The molecule has 0 unspecified atom stereocenters. The van der Waals surface area contributed by atoms with E-state index in [-0.39, 0.29) is 4.90 Å². The molecule has 0 aliphatic rings. The molecule has 0 spiro atoms. The summed E-state index contributed by atoms with van der Waals surface area (Å²) < 4.78 is 27.4. The molecule has 2 heterocycles. The van der Waals surface area contributed by atoms with Gasteiger partial charge in [-0.3, -0.25) is 9.71 Å². The van der Waals surface area contributed by atoms with Gasteiger partial charge in [-0.25, -0.2) is 13.4 Å². The highest BCUT2D eigenvalue weighted by molar-refractivity contribution is 9.10. The number of sulfonamides is 1. The predicted molar refractivity (Wildman–Crippen MR) is 81.3 cm³/mol. The van der Waals surface area contributed by atoms with Crippen molar-refractivity contribution in [3.63, 3.8) is 0 Å². The van der Waals surface area contributed by atoms with Gasteiger partial charge >= 0.3 is 0 Å². The molecule has 20 heavy (non-hydrogen) atoms. The summed E-state index contributed by atoms with van der Waals surface area (Å²) in [7, 11) is 0.0559. The Labute approximate surface area is 126 Å². The van der Waals surface area contributed by atoms with Crippen LogP contribution in [0.3, 0.4) is 0 Å². The molecule has 0 amide bonds. The summed E-state index contributed by atoms with van der Waals surface area (Å²) in [6.45, 7) is 0. The fraction of sp³-hybridized carbons (Fsp3) is 0.167. The number of pyridine rings is 2. The first-order chi connectivity index (χ1) is 9.38. The number of nitrogens with one attached hydrogen (secondary N) is 1. The highest BCUT2D eigenvalue weighted by Gasteiger charge is 2.15. The van der Waals surface area contributed by atoms with E-state index in [0.717, 1.165) is 5.82 Å². The van der Waals surface area contributed by atoms with E-state index < -0.39 is 10.0 Å². The summed E-state index contributed by atoms with van der Waals surface area (Å²) in [4.78, 5) is 9.91. The zero-order valence-electron chi connectivity index (χ0n) is 10.9. The lowest BCUT2D eigenvalue weighted by atomic mass is 10.4. The third kappa shape index (κ3) is 3.45. The average molecular weight is 357 g/mol. The lowest BCUT2D eigenvalue weighted by Crippen LogP contribution is -2.14.